The molecule has 0 aliphatic carbocycles. The molecule has 0 radical (unpaired) electrons. The Morgan fingerprint density at radius 2 is 1.08 bits per heavy atom. The van der Waals surface area contributed by atoms with Crippen molar-refractivity contribution in [2.75, 3.05) is 9.80 Å². The summed E-state index contributed by atoms with van der Waals surface area (Å²) in [6, 6.07) is 33.5. The second-order valence-electron chi connectivity index (χ2n) is 7.92. The van der Waals surface area contributed by atoms with Gasteiger partial charge in [0.25, 0.3) is 11.8 Å². The Morgan fingerprint density at radius 3 is 1.56 bits per heavy atom. The van der Waals surface area contributed by atoms with Crippen LogP contribution in [0.4, 0.5) is 11.4 Å². The van der Waals surface area contributed by atoms with Gasteiger partial charge in [-0.25, -0.2) is 0 Å². The van der Waals surface area contributed by atoms with Crippen LogP contribution in [0.1, 0.15) is 5.56 Å². The quantitative estimate of drug-likeness (QED) is 0.156. The first-order valence-electron chi connectivity index (χ1n) is 11.1. The van der Waals surface area contributed by atoms with Gasteiger partial charge in [0.2, 0.25) is 0 Å². The predicted octanol–water partition coefficient (Wildman–Crippen LogP) is 7.24. The third-order valence-electron chi connectivity index (χ3n) is 5.52. The van der Waals surface area contributed by atoms with Crippen molar-refractivity contribution >= 4 is 70.0 Å². The maximum absolute atomic E-state index is 13.6. The minimum atomic E-state index is -0.456. The topological polar surface area (TPSA) is 40.6 Å². The minimum absolute atomic E-state index is 0.0365. The molecule has 1 saturated heterocycles. The van der Waals surface area contributed by atoms with E-state index in [1.807, 2.05) is 84.9 Å². The molecule has 2 amide bonds. The Bertz CT molecular complexity index is 1390. The third-order valence-corrected chi connectivity index (χ3v) is 7.15. The van der Waals surface area contributed by atoms with Crippen LogP contribution in [-0.2, 0) is 9.59 Å². The predicted molar refractivity (Wildman–Crippen MR) is 150 cm³/mol. The zero-order chi connectivity index (χ0) is 25.1. The second kappa shape index (κ2) is 10.5. The third kappa shape index (κ3) is 4.97. The van der Waals surface area contributed by atoms with Crippen LogP contribution in [0.25, 0.3) is 6.08 Å². The SMILES string of the molecule is O=C1C(=Cc2ccc(Sc3ccc(Cl)cc3)cc2)C(=O)N(c2ccccc2)C(=S)N1c1ccccc1. The number of carbonyl (C=O) groups is 2. The number of anilines is 2. The molecule has 0 saturated carbocycles. The normalized spacial score (nSPS) is 13.8. The van der Waals surface area contributed by atoms with Gasteiger partial charge in [0.05, 0.1) is 11.4 Å². The van der Waals surface area contributed by atoms with Crippen molar-refractivity contribution in [1.82, 2.24) is 0 Å². The highest BCUT2D eigenvalue weighted by atomic mass is 35.5. The smallest absolute Gasteiger partial charge is 0.268 e. The lowest BCUT2D eigenvalue weighted by atomic mass is 10.0. The van der Waals surface area contributed by atoms with Gasteiger partial charge >= 0.3 is 0 Å². The van der Waals surface area contributed by atoms with Gasteiger partial charge in [-0.3, -0.25) is 19.4 Å². The monoisotopic (exact) mass is 526 g/mol. The highest BCUT2D eigenvalue weighted by Crippen LogP contribution is 2.31. The molecule has 4 aromatic rings. The number of para-hydroxylation sites is 2. The van der Waals surface area contributed by atoms with Crippen LogP contribution in [0.2, 0.25) is 5.02 Å². The van der Waals surface area contributed by atoms with Gasteiger partial charge in [0, 0.05) is 14.8 Å². The lowest BCUT2D eigenvalue weighted by Gasteiger charge is -2.36. The molecule has 0 N–H and O–H groups in total. The summed E-state index contributed by atoms with van der Waals surface area (Å²) < 4.78 is 0. The van der Waals surface area contributed by atoms with Gasteiger partial charge in [0.1, 0.15) is 5.57 Å². The molecule has 1 heterocycles. The average molecular weight is 527 g/mol. The zero-order valence-electron chi connectivity index (χ0n) is 18.9. The number of hydrogen-bond acceptors (Lipinski definition) is 4. The van der Waals surface area contributed by atoms with Crippen LogP contribution in [0.5, 0.6) is 0 Å². The van der Waals surface area contributed by atoms with E-state index in [0.717, 1.165) is 15.4 Å². The maximum Gasteiger partial charge on any atom is 0.270 e. The number of thiocarbonyl (C=S) groups is 1. The number of rotatable bonds is 5. The maximum atomic E-state index is 13.6. The van der Waals surface area contributed by atoms with Crippen molar-refractivity contribution < 1.29 is 9.59 Å². The molecule has 4 aromatic carbocycles. The van der Waals surface area contributed by atoms with Crippen LogP contribution in [0, 0.1) is 0 Å². The molecule has 4 nitrogen and oxygen atoms in total. The summed E-state index contributed by atoms with van der Waals surface area (Å²) in [6.07, 6.45) is 1.62. The first-order valence-corrected chi connectivity index (χ1v) is 12.7. The van der Waals surface area contributed by atoms with E-state index >= 15 is 0 Å². The number of halogens is 1. The van der Waals surface area contributed by atoms with Gasteiger partial charge in [-0.15, -0.1) is 0 Å². The lowest BCUT2D eigenvalue weighted by molar-refractivity contribution is -0.120. The van der Waals surface area contributed by atoms with E-state index in [1.165, 1.54) is 9.80 Å². The first-order chi connectivity index (χ1) is 17.5. The molecule has 0 atom stereocenters. The molecule has 0 spiro atoms. The number of carbonyl (C=O) groups excluding carboxylic acids is 2. The first kappa shape index (κ1) is 24.0. The van der Waals surface area contributed by atoms with E-state index in [4.69, 9.17) is 23.8 Å². The summed E-state index contributed by atoms with van der Waals surface area (Å²) >= 11 is 13.2. The van der Waals surface area contributed by atoms with Crippen molar-refractivity contribution in [2.45, 2.75) is 9.79 Å². The summed E-state index contributed by atoms with van der Waals surface area (Å²) in [5.74, 6) is -0.911. The van der Waals surface area contributed by atoms with Gasteiger partial charge in [0.15, 0.2) is 5.11 Å². The molecular weight excluding hydrogens is 508 g/mol. The standard InChI is InChI=1S/C29H19ClN2O2S2/c30-21-13-17-25(18-14-21)36-24-15-11-20(12-16-24)19-26-27(33)31(22-7-3-1-4-8-22)29(35)32(28(26)34)23-9-5-2-6-10-23/h1-19H. The Hall–Kier alpha value is -3.71. The van der Waals surface area contributed by atoms with E-state index < -0.39 is 11.8 Å². The van der Waals surface area contributed by atoms with Crippen LogP contribution in [-0.4, -0.2) is 16.9 Å². The van der Waals surface area contributed by atoms with E-state index in [9.17, 15) is 9.59 Å². The van der Waals surface area contributed by atoms with Crippen LogP contribution < -0.4 is 9.80 Å². The van der Waals surface area contributed by atoms with Gasteiger partial charge < -0.3 is 0 Å². The van der Waals surface area contributed by atoms with E-state index in [0.29, 0.717) is 16.4 Å². The van der Waals surface area contributed by atoms with Gasteiger partial charge in [-0.1, -0.05) is 71.9 Å². The molecule has 5 rings (SSSR count). The van der Waals surface area contributed by atoms with Gasteiger partial charge in [-0.05, 0) is 84.5 Å². The zero-order valence-corrected chi connectivity index (χ0v) is 21.3. The molecule has 7 heteroatoms. The van der Waals surface area contributed by atoms with Crippen LogP contribution in [0.3, 0.4) is 0 Å². The molecule has 1 aliphatic heterocycles. The minimum Gasteiger partial charge on any atom is -0.268 e. The van der Waals surface area contributed by atoms with Crippen molar-refractivity contribution in [3.05, 3.63) is 125 Å². The molecule has 1 aliphatic rings. The van der Waals surface area contributed by atoms with Crippen molar-refractivity contribution in [1.29, 1.82) is 0 Å². The average Bonchev–Trinajstić information content (AvgIpc) is 2.90. The summed E-state index contributed by atoms with van der Waals surface area (Å²) in [5, 5.41) is 0.811. The fourth-order valence-electron chi connectivity index (χ4n) is 3.78. The molecule has 176 valence electrons. The molecular formula is C29H19ClN2O2S2. The fraction of sp³-hybridized carbons (Fsp3) is 0. The summed E-state index contributed by atoms with van der Waals surface area (Å²) in [5.41, 5.74) is 1.97. The summed E-state index contributed by atoms with van der Waals surface area (Å²) in [6.45, 7) is 0. The van der Waals surface area contributed by atoms with Crippen LogP contribution >= 0.6 is 35.6 Å². The largest absolute Gasteiger partial charge is 0.270 e. The van der Waals surface area contributed by atoms with Crippen molar-refractivity contribution in [2.24, 2.45) is 0 Å². The second-order valence-corrected chi connectivity index (χ2v) is 9.87. The Labute approximate surface area is 223 Å². The molecule has 1 fully saturated rings. The molecule has 0 unspecified atom stereocenters. The van der Waals surface area contributed by atoms with Crippen molar-refractivity contribution in [3.8, 4) is 0 Å². The molecule has 0 aromatic heterocycles. The highest BCUT2D eigenvalue weighted by Gasteiger charge is 2.41. The number of benzene rings is 4. The Kier molecular flexibility index (Phi) is 7.00. The summed E-state index contributed by atoms with van der Waals surface area (Å²) in [4.78, 5) is 32.0. The van der Waals surface area contributed by atoms with Crippen LogP contribution in [0.15, 0.2) is 125 Å². The Balaban J connectivity index is 1.50. The summed E-state index contributed by atoms with van der Waals surface area (Å²) in [7, 11) is 0. The Morgan fingerprint density at radius 1 is 0.639 bits per heavy atom. The highest BCUT2D eigenvalue weighted by molar-refractivity contribution is 7.99. The number of amides is 2. The van der Waals surface area contributed by atoms with E-state index in [2.05, 4.69) is 0 Å². The van der Waals surface area contributed by atoms with E-state index in [-0.39, 0.29) is 10.7 Å². The fourth-order valence-corrected chi connectivity index (χ4v) is 5.10. The molecule has 0 bridgehead atoms. The molecule has 36 heavy (non-hydrogen) atoms. The lowest BCUT2D eigenvalue weighted by Crippen LogP contribution is -2.56. The number of nitrogens with zero attached hydrogens (tertiary/aromatic N) is 2. The number of hydrogen-bond donors (Lipinski definition) is 0. The van der Waals surface area contributed by atoms with Gasteiger partial charge in [-0.2, -0.15) is 0 Å². The van der Waals surface area contributed by atoms with E-state index in [1.54, 1.807) is 42.1 Å². The van der Waals surface area contributed by atoms with Crippen molar-refractivity contribution in [3.63, 3.8) is 0 Å².